The van der Waals surface area contributed by atoms with E-state index < -0.39 is 4.92 Å². The van der Waals surface area contributed by atoms with Gasteiger partial charge in [-0.2, -0.15) is 0 Å². The van der Waals surface area contributed by atoms with E-state index in [1.54, 1.807) is 18.5 Å². The van der Waals surface area contributed by atoms with Crippen LogP contribution in [0.25, 0.3) is 0 Å². The molecule has 0 spiro atoms. The van der Waals surface area contributed by atoms with Crippen LogP contribution in [0.15, 0.2) is 42.7 Å². The first-order chi connectivity index (χ1) is 8.66. The van der Waals surface area contributed by atoms with Gasteiger partial charge >= 0.3 is 0 Å². The van der Waals surface area contributed by atoms with E-state index in [4.69, 9.17) is 11.6 Å². The summed E-state index contributed by atoms with van der Waals surface area (Å²) < 4.78 is 0. The molecule has 1 aromatic carbocycles. The number of anilines is 1. The van der Waals surface area contributed by atoms with E-state index in [1.165, 1.54) is 12.1 Å². The Morgan fingerprint density at radius 2 is 2.00 bits per heavy atom. The number of aromatic nitrogens is 1. The summed E-state index contributed by atoms with van der Waals surface area (Å²) in [5, 5.41) is 14.0. The van der Waals surface area contributed by atoms with Crippen molar-refractivity contribution in [3.63, 3.8) is 0 Å². The van der Waals surface area contributed by atoms with Crippen molar-refractivity contribution in [1.29, 1.82) is 0 Å². The van der Waals surface area contributed by atoms with Crippen molar-refractivity contribution in [3.8, 4) is 0 Å². The lowest BCUT2D eigenvalue weighted by molar-refractivity contribution is -0.384. The fraction of sp³-hybridized carbons (Fsp3) is 0.0833. The first-order valence-corrected chi connectivity index (χ1v) is 5.61. The van der Waals surface area contributed by atoms with Gasteiger partial charge in [0.1, 0.15) is 5.02 Å². The van der Waals surface area contributed by atoms with E-state index in [2.05, 4.69) is 10.3 Å². The van der Waals surface area contributed by atoms with Gasteiger partial charge < -0.3 is 5.32 Å². The van der Waals surface area contributed by atoms with Crippen LogP contribution in [0.1, 0.15) is 5.56 Å². The van der Waals surface area contributed by atoms with Crippen LogP contribution in [0.5, 0.6) is 0 Å². The Morgan fingerprint density at radius 1 is 1.28 bits per heavy atom. The zero-order valence-corrected chi connectivity index (χ0v) is 10.1. The van der Waals surface area contributed by atoms with Crippen LogP contribution in [0.3, 0.4) is 0 Å². The molecule has 0 fully saturated rings. The molecule has 0 aliphatic carbocycles. The first-order valence-electron chi connectivity index (χ1n) is 5.23. The minimum atomic E-state index is -0.500. The van der Waals surface area contributed by atoms with Crippen LogP contribution in [0, 0.1) is 10.1 Å². The molecule has 1 N–H and O–H groups in total. The summed E-state index contributed by atoms with van der Waals surface area (Å²) in [5.74, 6) is 0. The van der Waals surface area contributed by atoms with Gasteiger partial charge in [-0.05, 0) is 29.8 Å². The zero-order valence-electron chi connectivity index (χ0n) is 9.34. The second kappa shape index (κ2) is 5.46. The Bertz CT molecular complexity index is 561. The summed E-state index contributed by atoms with van der Waals surface area (Å²) in [6, 6.07) is 8.38. The van der Waals surface area contributed by atoms with Gasteiger partial charge in [0.2, 0.25) is 0 Å². The Balaban J connectivity index is 2.11. The van der Waals surface area contributed by atoms with Gasteiger partial charge in [-0.25, -0.2) is 0 Å². The molecule has 0 unspecified atom stereocenters. The summed E-state index contributed by atoms with van der Waals surface area (Å²) in [4.78, 5) is 14.1. The predicted octanol–water partition coefficient (Wildman–Crippen LogP) is 3.26. The van der Waals surface area contributed by atoms with Crippen molar-refractivity contribution in [3.05, 3.63) is 63.4 Å². The molecule has 0 aliphatic rings. The highest BCUT2D eigenvalue weighted by Crippen LogP contribution is 2.27. The molecule has 0 bridgehead atoms. The van der Waals surface area contributed by atoms with E-state index in [1.807, 2.05) is 12.1 Å². The predicted molar refractivity (Wildman–Crippen MR) is 69.7 cm³/mol. The minimum absolute atomic E-state index is 0.101. The van der Waals surface area contributed by atoms with Crippen molar-refractivity contribution in [2.45, 2.75) is 6.54 Å². The van der Waals surface area contributed by atoms with E-state index in [9.17, 15) is 10.1 Å². The van der Waals surface area contributed by atoms with Gasteiger partial charge in [0.15, 0.2) is 0 Å². The molecule has 0 amide bonds. The third kappa shape index (κ3) is 2.95. The number of nitro groups is 1. The molecule has 1 aromatic heterocycles. The Labute approximate surface area is 109 Å². The van der Waals surface area contributed by atoms with Crippen LogP contribution in [0.2, 0.25) is 5.02 Å². The summed E-state index contributed by atoms with van der Waals surface area (Å²) in [6.07, 6.45) is 3.39. The number of rotatable bonds is 4. The Kier molecular flexibility index (Phi) is 3.74. The van der Waals surface area contributed by atoms with E-state index in [0.717, 1.165) is 5.56 Å². The highest BCUT2D eigenvalue weighted by molar-refractivity contribution is 6.32. The number of hydrogen-bond donors (Lipinski definition) is 1. The van der Waals surface area contributed by atoms with Crippen molar-refractivity contribution in [2.24, 2.45) is 0 Å². The number of halogens is 1. The average Bonchev–Trinajstić information content (AvgIpc) is 2.38. The number of hydrogen-bond acceptors (Lipinski definition) is 4. The lowest BCUT2D eigenvalue weighted by atomic mass is 10.2. The fourth-order valence-corrected chi connectivity index (χ4v) is 1.65. The second-order valence-electron chi connectivity index (χ2n) is 3.63. The maximum Gasteiger partial charge on any atom is 0.289 e. The molecule has 0 radical (unpaired) electrons. The first kappa shape index (κ1) is 12.3. The SMILES string of the molecule is O=[N+]([O-])c1cc(NCc2ccncc2)ccc1Cl. The van der Waals surface area contributed by atoms with E-state index >= 15 is 0 Å². The molecule has 0 atom stereocenters. The Hall–Kier alpha value is -2.14. The van der Waals surface area contributed by atoms with Crippen LogP contribution >= 0.6 is 11.6 Å². The zero-order chi connectivity index (χ0) is 13.0. The summed E-state index contributed by atoms with van der Waals surface area (Å²) in [7, 11) is 0. The molecule has 0 aliphatic heterocycles. The maximum absolute atomic E-state index is 10.7. The fourth-order valence-electron chi connectivity index (χ4n) is 1.47. The number of pyridine rings is 1. The molecular weight excluding hydrogens is 254 g/mol. The average molecular weight is 264 g/mol. The normalized spacial score (nSPS) is 10.1. The van der Waals surface area contributed by atoms with Gasteiger partial charge in [0.05, 0.1) is 4.92 Å². The lowest BCUT2D eigenvalue weighted by Crippen LogP contribution is -2.00. The highest BCUT2D eigenvalue weighted by Gasteiger charge is 2.12. The van der Waals surface area contributed by atoms with E-state index in [0.29, 0.717) is 12.2 Å². The van der Waals surface area contributed by atoms with Crippen LogP contribution in [-0.4, -0.2) is 9.91 Å². The van der Waals surface area contributed by atoms with Gasteiger partial charge in [-0.3, -0.25) is 15.1 Å². The van der Waals surface area contributed by atoms with Gasteiger partial charge in [0, 0.05) is 30.7 Å². The third-order valence-electron chi connectivity index (χ3n) is 2.39. The Morgan fingerprint density at radius 3 is 2.67 bits per heavy atom. The third-order valence-corrected chi connectivity index (χ3v) is 2.71. The molecular formula is C12H10ClN3O2. The number of nitro benzene ring substituents is 1. The molecule has 0 saturated carbocycles. The van der Waals surface area contributed by atoms with Crippen LogP contribution in [-0.2, 0) is 6.54 Å². The summed E-state index contributed by atoms with van der Waals surface area (Å²) >= 11 is 5.73. The molecule has 0 saturated heterocycles. The van der Waals surface area contributed by atoms with Gasteiger partial charge in [0.25, 0.3) is 5.69 Å². The van der Waals surface area contributed by atoms with Crippen molar-refractivity contribution >= 4 is 23.0 Å². The molecule has 6 heteroatoms. The number of nitrogens with zero attached hydrogens (tertiary/aromatic N) is 2. The van der Waals surface area contributed by atoms with Gasteiger partial charge in [-0.15, -0.1) is 0 Å². The topological polar surface area (TPSA) is 68.1 Å². The second-order valence-corrected chi connectivity index (χ2v) is 4.04. The molecule has 1 heterocycles. The highest BCUT2D eigenvalue weighted by atomic mass is 35.5. The smallest absolute Gasteiger partial charge is 0.289 e. The largest absolute Gasteiger partial charge is 0.381 e. The summed E-state index contributed by atoms with van der Waals surface area (Å²) in [5.41, 5.74) is 1.60. The minimum Gasteiger partial charge on any atom is -0.381 e. The monoisotopic (exact) mass is 263 g/mol. The lowest BCUT2D eigenvalue weighted by Gasteiger charge is -2.06. The summed E-state index contributed by atoms with van der Waals surface area (Å²) in [6.45, 7) is 0.571. The quantitative estimate of drug-likeness (QED) is 0.679. The molecule has 2 rings (SSSR count). The van der Waals surface area contributed by atoms with Crippen molar-refractivity contribution in [1.82, 2.24) is 4.98 Å². The molecule has 2 aromatic rings. The molecule has 92 valence electrons. The van der Waals surface area contributed by atoms with Crippen LogP contribution < -0.4 is 5.32 Å². The number of benzene rings is 1. The van der Waals surface area contributed by atoms with Crippen molar-refractivity contribution in [2.75, 3.05) is 5.32 Å². The van der Waals surface area contributed by atoms with Crippen LogP contribution in [0.4, 0.5) is 11.4 Å². The van der Waals surface area contributed by atoms with E-state index in [-0.39, 0.29) is 10.7 Å². The maximum atomic E-state index is 10.7. The molecule has 5 nitrogen and oxygen atoms in total. The van der Waals surface area contributed by atoms with Crippen molar-refractivity contribution < 1.29 is 4.92 Å². The standard InChI is InChI=1S/C12H10ClN3O2/c13-11-2-1-10(7-12(11)16(17)18)15-8-9-3-5-14-6-4-9/h1-7,15H,8H2. The number of nitrogens with one attached hydrogen (secondary N) is 1. The molecule has 18 heavy (non-hydrogen) atoms. The van der Waals surface area contributed by atoms with Gasteiger partial charge in [-0.1, -0.05) is 11.6 Å².